The molecule has 0 spiro atoms. The molecule has 1 N–H and O–H groups in total. The summed E-state index contributed by atoms with van der Waals surface area (Å²) in [6, 6.07) is 8.97. The van der Waals surface area contributed by atoms with Crippen molar-refractivity contribution in [3.63, 3.8) is 0 Å². The molecule has 0 aliphatic carbocycles. The van der Waals surface area contributed by atoms with Crippen molar-refractivity contribution in [1.82, 2.24) is 10.2 Å². The van der Waals surface area contributed by atoms with Crippen LogP contribution < -0.4 is 10.1 Å². The molecule has 0 aliphatic heterocycles. The van der Waals surface area contributed by atoms with Crippen LogP contribution in [0.25, 0.3) is 11.3 Å². The largest absolute Gasteiger partial charge is 0.573 e. The van der Waals surface area contributed by atoms with E-state index in [1.807, 2.05) is 6.92 Å². The Bertz CT molecular complexity index is 553. The van der Waals surface area contributed by atoms with Gasteiger partial charge >= 0.3 is 6.36 Å². The Morgan fingerprint density at radius 1 is 1.05 bits per heavy atom. The van der Waals surface area contributed by atoms with E-state index in [4.69, 9.17) is 0 Å². The number of benzene rings is 1. The summed E-state index contributed by atoms with van der Waals surface area (Å²) in [4.78, 5) is 0. The van der Waals surface area contributed by atoms with Gasteiger partial charge in [0.05, 0.1) is 5.69 Å². The van der Waals surface area contributed by atoms with Crippen molar-refractivity contribution in [2.24, 2.45) is 0 Å². The summed E-state index contributed by atoms with van der Waals surface area (Å²) < 4.78 is 39.9. The maximum atomic E-state index is 12.0. The third kappa shape index (κ3) is 3.84. The molecule has 2 aromatic rings. The van der Waals surface area contributed by atoms with Crippen molar-refractivity contribution in [2.45, 2.75) is 13.3 Å². The number of rotatable bonds is 4. The Morgan fingerprint density at radius 2 is 1.75 bits per heavy atom. The van der Waals surface area contributed by atoms with Gasteiger partial charge in [-0.15, -0.1) is 23.4 Å². The lowest BCUT2D eigenvalue weighted by Crippen LogP contribution is -2.16. The number of hydrogen-bond donors (Lipinski definition) is 1. The molecule has 106 valence electrons. The molecule has 0 radical (unpaired) electrons. The SMILES string of the molecule is CCNc1ccc(-c2ccc(OC(F)(F)F)cc2)nn1. The van der Waals surface area contributed by atoms with E-state index in [1.54, 1.807) is 12.1 Å². The van der Waals surface area contributed by atoms with Crippen LogP contribution >= 0.6 is 0 Å². The smallest absolute Gasteiger partial charge is 0.406 e. The van der Waals surface area contributed by atoms with Crippen molar-refractivity contribution >= 4 is 5.82 Å². The van der Waals surface area contributed by atoms with Crippen molar-refractivity contribution in [1.29, 1.82) is 0 Å². The molecule has 1 aromatic heterocycles. The van der Waals surface area contributed by atoms with E-state index < -0.39 is 6.36 Å². The average molecular weight is 283 g/mol. The summed E-state index contributed by atoms with van der Waals surface area (Å²) in [6.45, 7) is 2.67. The van der Waals surface area contributed by atoms with E-state index in [-0.39, 0.29) is 5.75 Å². The van der Waals surface area contributed by atoms with Gasteiger partial charge in [-0.3, -0.25) is 0 Å². The Morgan fingerprint density at radius 3 is 2.25 bits per heavy atom. The summed E-state index contributed by atoms with van der Waals surface area (Å²) >= 11 is 0. The van der Waals surface area contributed by atoms with Crippen LogP contribution in [0.15, 0.2) is 36.4 Å². The molecule has 0 unspecified atom stereocenters. The number of nitrogens with one attached hydrogen (secondary N) is 1. The van der Waals surface area contributed by atoms with Crippen molar-refractivity contribution in [2.75, 3.05) is 11.9 Å². The van der Waals surface area contributed by atoms with Crippen molar-refractivity contribution < 1.29 is 17.9 Å². The van der Waals surface area contributed by atoms with Crippen LogP contribution in [0.4, 0.5) is 19.0 Å². The molecule has 7 heteroatoms. The number of ether oxygens (including phenoxy) is 1. The quantitative estimate of drug-likeness (QED) is 0.933. The average Bonchev–Trinajstić information content (AvgIpc) is 2.39. The number of aromatic nitrogens is 2. The number of hydrogen-bond acceptors (Lipinski definition) is 4. The zero-order valence-corrected chi connectivity index (χ0v) is 10.6. The molecule has 0 saturated heterocycles. The summed E-state index contributed by atoms with van der Waals surface area (Å²) in [5, 5.41) is 11.0. The first kappa shape index (κ1) is 14.1. The van der Waals surface area contributed by atoms with Gasteiger partial charge < -0.3 is 10.1 Å². The van der Waals surface area contributed by atoms with E-state index in [0.29, 0.717) is 17.1 Å². The monoisotopic (exact) mass is 283 g/mol. The fraction of sp³-hybridized carbons (Fsp3) is 0.231. The van der Waals surface area contributed by atoms with Gasteiger partial charge in [-0.05, 0) is 43.3 Å². The second-order valence-corrected chi connectivity index (χ2v) is 3.91. The Kier molecular flexibility index (Phi) is 4.07. The van der Waals surface area contributed by atoms with Gasteiger partial charge in [0, 0.05) is 12.1 Å². The van der Waals surface area contributed by atoms with Gasteiger partial charge in [-0.2, -0.15) is 0 Å². The molecule has 2 rings (SSSR count). The fourth-order valence-corrected chi connectivity index (χ4v) is 1.59. The van der Waals surface area contributed by atoms with E-state index in [1.165, 1.54) is 24.3 Å². The number of anilines is 1. The first-order valence-electron chi connectivity index (χ1n) is 5.92. The van der Waals surface area contributed by atoms with Gasteiger partial charge in [-0.25, -0.2) is 0 Å². The molecular weight excluding hydrogens is 271 g/mol. The van der Waals surface area contributed by atoms with Crippen LogP contribution in [0, 0.1) is 0 Å². The second kappa shape index (κ2) is 5.77. The minimum Gasteiger partial charge on any atom is -0.406 e. The van der Waals surface area contributed by atoms with Crippen LogP contribution in [-0.4, -0.2) is 23.1 Å². The van der Waals surface area contributed by atoms with Gasteiger partial charge in [0.2, 0.25) is 0 Å². The lowest BCUT2D eigenvalue weighted by Gasteiger charge is -2.09. The van der Waals surface area contributed by atoms with Gasteiger partial charge in [0.1, 0.15) is 11.6 Å². The van der Waals surface area contributed by atoms with Crippen LogP contribution in [0.2, 0.25) is 0 Å². The fourth-order valence-electron chi connectivity index (χ4n) is 1.59. The van der Waals surface area contributed by atoms with Crippen molar-refractivity contribution in [3.8, 4) is 17.0 Å². The normalized spacial score (nSPS) is 11.2. The Hall–Kier alpha value is -2.31. The van der Waals surface area contributed by atoms with Crippen LogP contribution in [0.1, 0.15) is 6.92 Å². The summed E-state index contributed by atoms with van der Waals surface area (Å²) in [5.74, 6) is 0.381. The van der Waals surface area contributed by atoms with E-state index in [9.17, 15) is 13.2 Å². The molecule has 20 heavy (non-hydrogen) atoms. The minimum atomic E-state index is -4.69. The zero-order valence-electron chi connectivity index (χ0n) is 10.6. The Balaban J connectivity index is 2.13. The van der Waals surface area contributed by atoms with Gasteiger partial charge in [-0.1, -0.05) is 0 Å². The second-order valence-electron chi connectivity index (χ2n) is 3.91. The third-order valence-electron chi connectivity index (χ3n) is 2.41. The molecule has 1 heterocycles. The minimum absolute atomic E-state index is 0.265. The molecule has 1 aromatic carbocycles. The highest BCUT2D eigenvalue weighted by atomic mass is 19.4. The van der Waals surface area contributed by atoms with Crippen molar-refractivity contribution in [3.05, 3.63) is 36.4 Å². The number of halogens is 3. The summed E-state index contributed by atoms with van der Waals surface area (Å²) in [5.41, 5.74) is 1.24. The molecule has 0 saturated carbocycles. The molecule has 4 nitrogen and oxygen atoms in total. The first-order valence-corrected chi connectivity index (χ1v) is 5.92. The maximum Gasteiger partial charge on any atom is 0.573 e. The maximum absolute atomic E-state index is 12.0. The molecule has 0 atom stereocenters. The van der Waals surface area contributed by atoms with Crippen LogP contribution in [0.5, 0.6) is 5.75 Å². The summed E-state index contributed by atoms with van der Waals surface area (Å²) in [6.07, 6.45) is -4.69. The number of nitrogens with zero attached hydrogens (tertiary/aromatic N) is 2. The van der Waals surface area contributed by atoms with E-state index in [0.717, 1.165) is 6.54 Å². The zero-order chi connectivity index (χ0) is 14.6. The third-order valence-corrected chi connectivity index (χ3v) is 2.41. The van der Waals surface area contributed by atoms with E-state index in [2.05, 4.69) is 20.3 Å². The number of alkyl halides is 3. The highest BCUT2D eigenvalue weighted by molar-refractivity contribution is 5.60. The highest BCUT2D eigenvalue weighted by Gasteiger charge is 2.30. The summed E-state index contributed by atoms with van der Waals surface area (Å²) in [7, 11) is 0. The van der Waals surface area contributed by atoms with Gasteiger partial charge in [0.25, 0.3) is 0 Å². The topological polar surface area (TPSA) is 47.0 Å². The predicted molar refractivity (Wildman–Crippen MR) is 68.3 cm³/mol. The lowest BCUT2D eigenvalue weighted by molar-refractivity contribution is -0.274. The molecule has 0 amide bonds. The molecule has 0 bridgehead atoms. The molecule has 0 aliphatic rings. The highest BCUT2D eigenvalue weighted by Crippen LogP contribution is 2.25. The van der Waals surface area contributed by atoms with Gasteiger partial charge in [0.15, 0.2) is 0 Å². The Labute approximate surface area is 113 Å². The molecular formula is C13H12F3N3O. The van der Waals surface area contributed by atoms with E-state index >= 15 is 0 Å². The standard InChI is InChI=1S/C13H12F3N3O/c1-2-17-12-8-7-11(18-19-12)9-3-5-10(6-4-9)20-13(14,15)16/h3-8H,2H2,1H3,(H,17,19). The predicted octanol–water partition coefficient (Wildman–Crippen LogP) is 3.47. The molecule has 0 fully saturated rings. The lowest BCUT2D eigenvalue weighted by atomic mass is 10.1. The first-order chi connectivity index (χ1) is 9.48. The van der Waals surface area contributed by atoms with Crippen LogP contribution in [0.3, 0.4) is 0 Å². The van der Waals surface area contributed by atoms with Crippen LogP contribution in [-0.2, 0) is 0 Å².